The van der Waals surface area contributed by atoms with Crippen LogP contribution in [0.2, 0.25) is 0 Å². The third-order valence-corrected chi connectivity index (χ3v) is 3.76. The predicted molar refractivity (Wildman–Crippen MR) is 79.3 cm³/mol. The number of methoxy groups -OCH3 is 1. The van der Waals surface area contributed by atoms with Crippen LogP contribution >= 0.6 is 11.3 Å². The minimum atomic E-state index is -0.344. The average molecular weight is 299 g/mol. The van der Waals surface area contributed by atoms with Crippen LogP contribution in [0.25, 0.3) is 0 Å². The van der Waals surface area contributed by atoms with Crippen molar-refractivity contribution in [2.75, 3.05) is 25.6 Å². The van der Waals surface area contributed by atoms with Gasteiger partial charge < -0.3 is 14.8 Å². The number of esters is 1. The largest absolute Gasteiger partial charge is 0.462 e. The lowest BCUT2D eigenvalue weighted by atomic mass is 10.1. The monoisotopic (exact) mass is 299 g/mol. The molecule has 0 radical (unpaired) electrons. The molecule has 0 spiro atoms. The van der Waals surface area contributed by atoms with Gasteiger partial charge in [0.2, 0.25) is 5.91 Å². The molecular formula is C14H21NO4S. The Balaban J connectivity index is 2.63. The molecule has 0 aliphatic carbocycles. The van der Waals surface area contributed by atoms with Gasteiger partial charge in [0.05, 0.1) is 11.6 Å². The van der Waals surface area contributed by atoms with Crippen molar-refractivity contribution < 1.29 is 19.1 Å². The van der Waals surface area contributed by atoms with Crippen molar-refractivity contribution in [3.63, 3.8) is 0 Å². The van der Waals surface area contributed by atoms with E-state index >= 15 is 0 Å². The summed E-state index contributed by atoms with van der Waals surface area (Å²) in [4.78, 5) is 24.1. The minimum absolute atomic E-state index is 0.0776. The SMILES string of the molecule is CCOC(=O)c1sc(NC(=O)CC(C)COC)cc1C. The van der Waals surface area contributed by atoms with E-state index < -0.39 is 0 Å². The van der Waals surface area contributed by atoms with Crippen molar-refractivity contribution in [3.05, 3.63) is 16.5 Å². The van der Waals surface area contributed by atoms with Crippen LogP contribution in [0.4, 0.5) is 5.00 Å². The Morgan fingerprint density at radius 1 is 1.45 bits per heavy atom. The molecule has 1 unspecified atom stereocenters. The molecule has 1 N–H and O–H groups in total. The first-order valence-electron chi connectivity index (χ1n) is 6.54. The fourth-order valence-corrected chi connectivity index (χ4v) is 2.77. The number of anilines is 1. The van der Waals surface area contributed by atoms with Crippen molar-refractivity contribution in [2.45, 2.75) is 27.2 Å². The highest BCUT2D eigenvalue weighted by Gasteiger charge is 2.16. The van der Waals surface area contributed by atoms with Crippen molar-refractivity contribution in [3.8, 4) is 0 Å². The molecule has 0 saturated heterocycles. The maximum absolute atomic E-state index is 11.8. The summed E-state index contributed by atoms with van der Waals surface area (Å²) in [7, 11) is 1.61. The summed E-state index contributed by atoms with van der Waals surface area (Å²) < 4.78 is 9.96. The molecule has 1 aromatic rings. The van der Waals surface area contributed by atoms with Crippen molar-refractivity contribution >= 4 is 28.2 Å². The van der Waals surface area contributed by atoms with Crippen molar-refractivity contribution in [2.24, 2.45) is 5.92 Å². The molecule has 0 aliphatic heterocycles. The molecule has 1 atom stereocenters. The molecule has 1 rings (SSSR count). The Kier molecular flexibility index (Phi) is 6.67. The summed E-state index contributed by atoms with van der Waals surface area (Å²) in [6, 6.07) is 1.79. The molecule has 0 fully saturated rings. The molecule has 0 aliphatic rings. The summed E-state index contributed by atoms with van der Waals surface area (Å²) in [6.45, 7) is 6.43. The van der Waals surface area contributed by atoms with Gasteiger partial charge in [0.1, 0.15) is 4.88 Å². The molecule has 0 bridgehead atoms. The first-order chi connectivity index (χ1) is 9.47. The molecule has 6 heteroatoms. The quantitative estimate of drug-likeness (QED) is 0.786. The van der Waals surface area contributed by atoms with Crippen LogP contribution in [0.5, 0.6) is 0 Å². The van der Waals surface area contributed by atoms with Crippen LogP contribution in [-0.2, 0) is 14.3 Å². The number of hydrogen-bond donors (Lipinski definition) is 1. The van der Waals surface area contributed by atoms with Gasteiger partial charge in [-0.05, 0) is 31.4 Å². The average Bonchev–Trinajstić information content (AvgIpc) is 2.70. The van der Waals surface area contributed by atoms with Crippen LogP contribution in [0, 0.1) is 12.8 Å². The number of thiophene rings is 1. The Bertz CT molecular complexity index is 470. The van der Waals surface area contributed by atoms with E-state index in [4.69, 9.17) is 9.47 Å². The number of carbonyl (C=O) groups is 2. The summed E-state index contributed by atoms with van der Waals surface area (Å²) in [6.07, 6.45) is 0.388. The first-order valence-corrected chi connectivity index (χ1v) is 7.35. The second-order valence-electron chi connectivity index (χ2n) is 4.66. The van der Waals surface area contributed by atoms with Gasteiger partial charge >= 0.3 is 5.97 Å². The summed E-state index contributed by atoms with van der Waals surface area (Å²) >= 11 is 1.24. The van der Waals surface area contributed by atoms with Crippen molar-refractivity contribution in [1.82, 2.24) is 0 Å². The molecule has 1 heterocycles. The molecule has 5 nitrogen and oxygen atoms in total. The fraction of sp³-hybridized carbons (Fsp3) is 0.571. The van der Waals surface area contributed by atoms with E-state index in [-0.39, 0.29) is 17.8 Å². The van der Waals surface area contributed by atoms with Gasteiger partial charge in [-0.1, -0.05) is 6.92 Å². The van der Waals surface area contributed by atoms with Gasteiger partial charge in [-0.3, -0.25) is 4.79 Å². The summed E-state index contributed by atoms with van der Waals surface area (Å²) in [5.74, 6) is -0.264. The lowest BCUT2D eigenvalue weighted by molar-refractivity contribution is -0.117. The standard InChI is InChI=1S/C14H21NO4S/c1-5-19-14(17)13-10(3)7-12(20-13)15-11(16)6-9(2)8-18-4/h7,9H,5-6,8H2,1-4H3,(H,15,16). The Hall–Kier alpha value is -1.40. The second kappa shape index (κ2) is 8.01. The predicted octanol–water partition coefficient (Wildman–Crippen LogP) is 2.84. The van der Waals surface area contributed by atoms with Gasteiger partial charge in [-0.15, -0.1) is 11.3 Å². The third-order valence-electron chi connectivity index (χ3n) is 2.63. The highest BCUT2D eigenvalue weighted by molar-refractivity contribution is 7.18. The fourth-order valence-electron chi connectivity index (χ4n) is 1.79. The van der Waals surface area contributed by atoms with E-state index in [1.807, 2.05) is 13.8 Å². The summed E-state index contributed by atoms with van der Waals surface area (Å²) in [5.41, 5.74) is 0.814. The van der Waals surface area contributed by atoms with Crippen LogP contribution in [0.15, 0.2) is 6.07 Å². The minimum Gasteiger partial charge on any atom is -0.462 e. The van der Waals surface area contributed by atoms with Gasteiger partial charge in [0, 0.05) is 20.1 Å². The number of amides is 1. The maximum Gasteiger partial charge on any atom is 0.348 e. The van der Waals surface area contributed by atoms with Gasteiger partial charge in [-0.25, -0.2) is 4.79 Å². The number of carbonyl (C=O) groups excluding carboxylic acids is 2. The van der Waals surface area contributed by atoms with E-state index in [0.29, 0.717) is 29.5 Å². The van der Waals surface area contributed by atoms with Gasteiger partial charge in [0.25, 0.3) is 0 Å². The number of ether oxygens (including phenoxy) is 2. The van der Waals surface area contributed by atoms with E-state index in [0.717, 1.165) is 5.56 Å². The van der Waals surface area contributed by atoms with Gasteiger partial charge in [0.15, 0.2) is 0 Å². The smallest absolute Gasteiger partial charge is 0.348 e. The van der Waals surface area contributed by atoms with Crippen LogP contribution < -0.4 is 5.32 Å². The number of rotatable bonds is 7. The molecule has 112 valence electrons. The van der Waals surface area contributed by atoms with E-state index in [1.165, 1.54) is 11.3 Å². The number of nitrogens with one attached hydrogen (secondary N) is 1. The van der Waals surface area contributed by atoms with Gasteiger partial charge in [-0.2, -0.15) is 0 Å². The highest BCUT2D eigenvalue weighted by Crippen LogP contribution is 2.27. The topological polar surface area (TPSA) is 64.6 Å². The lowest BCUT2D eigenvalue weighted by Crippen LogP contribution is -2.16. The Morgan fingerprint density at radius 2 is 2.15 bits per heavy atom. The zero-order valence-electron chi connectivity index (χ0n) is 12.3. The molecular weight excluding hydrogens is 278 g/mol. The highest BCUT2D eigenvalue weighted by atomic mass is 32.1. The molecule has 0 aromatic carbocycles. The Morgan fingerprint density at radius 3 is 2.75 bits per heavy atom. The van der Waals surface area contributed by atoms with Crippen LogP contribution in [0.1, 0.15) is 35.5 Å². The molecule has 20 heavy (non-hydrogen) atoms. The third kappa shape index (κ3) is 4.94. The maximum atomic E-state index is 11.8. The van der Waals surface area contributed by atoms with Crippen LogP contribution in [-0.4, -0.2) is 32.2 Å². The van der Waals surface area contributed by atoms with Crippen LogP contribution in [0.3, 0.4) is 0 Å². The summed E-state index contributed by atoms with van der Waals surface area (Å²) in [5, 5.41) is 3.47. The van der Waals surface area contributed by atoms with Crippen molar-refractivity contribution in [1.29, 1.82) is 0 Å². The first kappa shape index (κ1) is 16.7. The molecule has 1 amide bonds. The zero-order valence-corrected chi connectivity index (χ0v) is 13.1. The number of hydrogen-bond acceptors (Lipinski definition) is 5. The molecule has 1 aromatic heterocycles. The van der Waals surface area contributed by atoms with E-state index in [2.05, 4.69) is 5.32 Å². The Labute approximate surface area is 123 Å². The normalized spacial score (nSPS) is 12.0. The lowest BCUT2D eigenvalue weighted by Gasteiger charge is -2.09. The second-order valence-corrected chi connectivity index (χ2v) is 5.71. The van der Waals surface area contributed by atoms with E-state index in [1.54, 1.807) is 20.1 Å². The number of aryl methyl sites for hydroxylation is 1. The van der Waals surface area contributed by atoms with E-state index in [9.17, 15) is 9.59 Å². The molecule has 0 saturated carbocycles. The zero-order chi connectivity index (χ0) is 15.1.